The smallest absolute Gasteiger partial charge is 0.271 e. The van der Waals surface area contributed by atoms with Crippen molar-refractivity contribution >= 4 is 17.8 Å². The predicted molar refractivity (Wildman–Crippen MR) is 105 cm³/mol. The lowest BCUT2D eigenvalue weighted by Crippen LogP contribution is -2.17. The molecule has 3 rings (SSSR count). The molecule has 0 spiro atoms. The summed E-state index contributed by atoms with van der Waals surface area (Å²) in [6.45, 7) is 0. The Morgan fingerprint density at radius 3 is 2.45 bits per heavy atom. The number of hydrazone groups is 1. The molecule has 0 aliphatic rings. The molecule has 0 fully saturated rings. The van der Waals surface area contributed by atoms with Crippen molar-refractivity contribution in [2.75, 3.05) is 14.2 Å². The van der Waals surface area contributed by atoms with Crippen molar-refractivity contribution in [3.8, 4) is 22.8 Å². The Morgan fingerprint density at radius 1 is 1.07 bits per heavy atom. The maximum atomic E-state index is 12.2. The van der Waals surface area contributed by atoms with Crippen LogP contribution in [0.1, 0.15) is 16.1 Å². The molecule has 0 radical (unpaired) electrons. The monoisotopic (exact) mass is 395 g/mol. The van der Waals surface area contributed by atoms with Gasteiger partial charge in [-0.2, -0.15) is 5.10 Å². The average molecular weight is 395 g/mol. The number of rotatable bonds is 7. The van der Waals surface area contributed by atoms with Crippen LogP contribution in [-0.2, 0) is 0 Å². The Morgan fingerprint density at radius 2 is 1.79 bits per heavy atom. The summed E-state index contributed by atoms with van der Waals surface area (Å²) in [5, 5.41) is 14.6. The van der Waals surface area contributed by atoms with Gasteiger partial charge in [0.25, 0.3) is 11.6 Å². The van der Waals surface area contributed by atoms with Crippen LogP contribution in [0.3, 0.4) is 0 Å². The Labute approximate surface area is 165 Å². The third kappa shape index (κ3) is 4.59. The number of amides is 1. The second-order valence-corrected chi connectivity index (χ2v) is 5.77. The molecule has 9 nitrogen and oxygen atoms in total. The van der Waals surface area contributed by atoms with Crippen LogP contribution in [-0.4, -0.2) is 31.3 Å². The molecule has 0 saturated carbocycles. The number of nitrogens with one attached hydrogen (secondary N) is 1. The standard InChI is InChI=1S/C20H17N3O6/c1-27-18-9-5-14(11-19(18)28-2)20(24)22-21-12-16-8-10-17(29-16)13-3-6-15(7-4-13)23(25)26/h3-12H,1-2H3,(H,22,24)/b21-12-. The first-order chi connectivity index (χ1) is 14.0. The number of hydrogen-bond donors (Lipinski definition) is 1. The van der Waals surface area contributed by atoms with Crippen LogP contribution in [0, 0.1) is 10.1 Å². The Hall–Kier alpha value is -4.14. The van der Waals surface area contributed by atoms with E-state index in [1.165, 1.54) is 32.6 Å². The topological polar surface area (TPSA) is 116 Å². The first-order valence-corrected chi connectivity index (χ1v) is 8.42. The number of nitrogens with zero attached hydrogens (tertiary/aromatic N) is 2. The maximum Gasteiger partial charge on any atom is 0.271 e. The molecule has 148 valence electrons. The zero-order valence-corrected chi connectivity index (χ0v) is 15.6. The quantitative estimate of drug-likeness (QED) is 0.371. The van der Waals surface area contributed by atoms with E-state index in [9.17, 15) is 14.9 Å². The van der Waals surface area contributed by atoms with Crippen molar-refractivity contribution in [2.24, 2.45) is 5.10 Å². The summed E-state index contributed by atoms with van der Waals surface area (Å²) in [6, 6.07) is 14.1. The van der Waals surface area contributed by atoms with Crippen molar-refractivity contribution < 1.29 is 23.6 Å². The fourth-order valence-corrected chi connectivity index (χ4v) is 2.52. The summed E-state index contributed by atoms with van der Waals surface area (Å²) >= 11 is 0. The van der Waals surface area contributed by atoms with E-state index in [1.54, 1.807) is 42.5 Å². The van der Waals surface area contributed by atoms with E-state index in [-0.39, 0.29) is 5.69 Å². The van der Waals surface area contributed by atoms with Crippen LogP contribution in [0.2, 0.25) is 0 Å². The van der Waals surface area contributed by atoms with Gasteiger partial charge in [-0.25, -0.2) is 5.43 Å². The number of carbonyl (C=O) groups excluding carboxylic acids is 1. The van der Waals surface area contributed by atoms with Crippen LogP contribution >= 0.6 is 0 Å². The number of methoxy groups -OCH3 is 2. The van der Waals surface area contributed by atoms with Gasteiger partial charge in [-0.1, -0.05) is 0 Å². The number of nitro benzene ring substituents is 1. The third-order valence-electron chi connectivity index (χ3n) is 3.99. The van der Waals surface area contributed by atoms with E-state index >= 15 is 0 Å². The molecule has 1 N–H and O–H groups in total. The van der Waals surface area contributed by atoms with Gasteiger partial charge in [0.15, 0.2) is 11.5 Å². The Bertz CT molecular complexity index is 1060. The SMILES string of the molecule is COc1ccc(C(=O)N/N=C\c2ccc(-c3ccc([N+](=O)[O-])cc3)o2)cc1OC. The zero-order chi connectivity index (χ0) is 20.8. The molecule has 0 unspecified atom stereocenters. The minimum atomic E-state index is -0.467. The molecule has 1 aromatic heterocycles. The minimum absolute atomic E-state index is 0.0000307. The fraction of sp³-hybridized carbons (Fsp3) is 0.100. The molecule has 0 aliphatic carbocycles. The fourth-order valence-electron chi connectivity index (χ4n) is 2.52. The van der Waals surface area contributed by atoms with Gasteiger partial charge in [-0.3, -0.25) is 14.9 Å². The van der Waals surface area contributed by atoms with E-state index in [2.05, 4.69) is 10.5 Å². The second-order valence-electron chi connectivity index (χ2n) is 5.77. The first kappa shape index (κ1) is 19.6. The minimum Gasteiger partial charge on any atom is -0.493 e. The van der Waals surface area contributed by atoms with E-state index in [0.29, 0.717) is 34.1 Å². The van der Waals surface area contributed by atoms with Gasteiger partial charge in [-0.05, 0) is 42.5 Å². The summed E-state index contributed by atoms with van der Waals surface area (Å²) in [6.07, 6.45) is 1.35. The van der Waals surface area contributed by atoms with Gasteiger partial charge in [0, 0.05) is 23.3 Å². The van der Waals surface area contributed by atoms with Gasteiger partial charge in [-0.15, -0.1) is 0 Å². The van der Waals surface area contributed by atoms with Gasteiger partial charge in [0.1, 0.15) is 11.5 Å². The number of ether oxygens (including phenoxy) is 2. The van der Waals surface area contributed by atoms with Gasteiger partial charge in [0.2, 0.25) is 0 Å². The van der Waals surface area contributed by atoms with Crippen LogP contribution in [0.5, 0.6) is 11.5 Å². The average Bonchev–Trinajstić information content (AvgIpc) is 3.22. The summed E-state index contributed by atoms with van der Waals surface area (Å²) in [5.74, 6) is 1.45. The van der Waals surface area contributed by atoms with Gasteiger partial charge in [0.05, 0.1) is 25.4 Å². The highest BCUT2D eigenvalue weighted by molar-refractivity contribution is 5.95. The number of non-ortho nitro benzene ring substituents is 1. The second kappa shape index (κ2) is 8.70. The molecule has 1 amide bonds. The highest BCUT2D eigenvalue weighted by atomic mass is 16.6. The van der Waals surface area contributed by atoms with Crippen molar-refractivity contribution in [3.63, 3.8) is 0 Å². The Balaban J connectivity index is 1.65. The van der Waals surface area contributed by atoms with Crippen LogP contribution < -0.4 is 14.9 Å². The lowest BCUT2D eigenvalue weighted by molar-refractivity contribution is -0.384. The number of furan rings is 1. The van der Waals surface area contributed by atoms with Crippen molar-refractivity contribution in [2.45, 2.75) is 0 Å². The summed E-state index contributed by atoms with van der Waals surface area (Å²) in [5.41, 5.74) is 3.44. The molecule has 0 saturated heterocycles. The number of hydrogen-bond acceptors (Lipinski definition) is 7. The number of nitro groups is 1. The zero-order valence-electron chi connectivity index (χ0n) is 15.6. The molecule has 0 bridgehead atoms. The van der Waals surface area contributed by atoms with Gasteiger partial charge >= 0.3 is 0 Å². The summed E-state index contributed by atoms with van der Waals surface area (Å²) < 4.78 is 15.9. The normalized spacial score (nSPS) is 10.7. The van der Waals surface area contributed by atoms with E-state index < -0.39 is 10.8 Å². The summed E-state index contributed by atoms with van der Waals surface area (Å²) in [7, 11) is 2.99. The molecule has 3 aromatic rings. The third-order valence-corrected chi connectivity index (χ3v) is 3.99. The van der Waals surface area contributed by atoms with Crippen LogP contribution in [0.25, 0.3) is 11.3 Å². The highest BCUT2D eigenvalue weighted by Gasteiger charge is 2.11. The summed E-state index contributed by atoms with van der Waals surface area (Å²) in [4.78, 5) is 22.5. The largest absolute Gasteiger partial charge is 0.493 e. The molecule has 29 heavy (non-hydrogen) atoms. The molecular formula is C20H17N3O6. The van der Waals surface area contributed by atoms with E-state index in [1.807, 2.05) is 0 Å². The Kier molecular flexibility index (Phi) is 5.88. The van der Waals surface area contributed by atoms with Crippen molar-refractivity contribution in [3.05, 3.63) is 76.0 Å². The van der Waals surface area contributed by atoms with Crippen molar-refractivity contribution in [1.82, 2.24) is 5.43 Å². The lowest BCUT2D eigenvalue weighted by Gasteiger charge is -2.08. The molecule has 2 aromatic carbocycles. The van der Waals surface area contributed by atoms with Crippen LogP contribution in [0.4, 0.5) is 5.69 Å². The molecule has 0 atom stereocenters. The maximum absolute atomic E-state index is 12.2. The molecule has 1 heterocycles. The lowest BCUT2D eigenvalue weighted by atomic mass is 10.1. The number of benzene rings is 2. The van der Waals surface area contributed by atoms with E-state index in [0.717, 1.165) is 0 Å². The van der Waals surface area contributed by atoms with Crippen molar-refractivity contribution in [1.29, 1.82) is 0 Å². The number of carbonyl (C=O) groups is 1. The molecular weight excluding hydrogens is 378 g/mol. The molecule has 0 aliphatic heterocycles. The van der Waals surface area contributed by atoms with E-state index in [4.69, 9.17) is 13.9 Å². The van der Waals surface area contributed by atoms with Gasteiger partial charge < -0.3 is 13.9 Å². The predicted octanol–water partition coefficient (Wildman–Crippen LogP) is 3.64. The molecule has 9 heteroatoms. The first-order valence-electron chi connectivity index (χ1n) is 8.42. The highest BCUT2D eigenvalue weighted by Crippen LogP contribution is 2.27. The van der Waals surface area contributed by atoms with Crippen LogP contribution in [0.15, 0.2) is 64.1 Å².